The van der Waals surface area contributed by atoms with Crippen molar-refractivity contribution >= 4 is 5.82 Å². The summed E-state index contributed by atoms with van der Waals surface area (Å²) in [6, 6.07) is 5.41. The van der Waals surface area contributed by atoms with E-state index in [2.05, 4.69) is 27.8 Å². The van der Waals surface area contributed by atoms with Crippen LogP contribution in [0.3, 0.4) is 0 Å². The van der Waals surface area contributed by atoms with Crippen molar-refractivity contribution in [1.82, 2.24) is 9.88 Å². The lowest BCUT2D eigenvalue weighted by Crippen LogP contribution is -2.59. The highest BCUT2D eigenvalue weighted by atomic mass is 15.3. The first-order valence-electron chi connectivity index (χ1n) is 7.43. The zero-order valence-corrected chi connectivity index (χ0v) is 11.8. The monoisotopic (exact) mass is 260 g/mol. The van der Waals surface area contributed by atoms with E-state index in [-0.39, 0.29) is 0 Å². The number of anilines is 1. The Morgan fingerprint density at radius 3 is 3.11 bits per heavy atom. The Labute approximate surface area is 115 Å². The van der Waals surface area contributed by atoms with Crippen LogP contribution in [0.2, 0.25) is 0 Å². The molecule has 0 bridgehead atoms. The number of rotatable bonds is 2. The van der Waals surface area contributed by atoms with Crippen molar-refractivity contribution in [3.05, 3.63) is 23.9 Å². The summed E-state index contributed by atoms with van der Waals surface area (Å²) in [6.45, 7) is 6.45. The minimum absolute atomic E-state index is 0.537. The summed E-state index contributed by atoms with van der Waals surface area (Å²) in [7, 11) is 0. The minimum Gasteiger partial charge on any atom is -0.351 e. The highest BCUT2D eigenvalue weighted by Crippen LogP contribution is 2.27. The normalized spacial score (nSPS) is 28.2. The fourth-order valence-electron chi connectivity index (χ4n) is 3.42. The number of hydrogen-bond donors (Lipinski definition) is 1. The van der Waals surface area contributed by atoms with E-state index in [1.54, 1.807) is 0 Å². The molecule has 104 valence electrons. The summed E-state index contributed by atoms with van der Waals surface area (Å²) in [5.41, 5.74) is 6.90. The van der Waals surface area contributed by atoms with E-state index in [0.717, 1.165) is 12.4 Å². The van der Waals surface area contributed by atoms with Gasteiger partial charge in [-0.3, -0.25) is 4.90 Å². The first kappa shape index (κ1) is 12.9. The average Bonchev–Trinajstić information content (AvgIpc) is 2.46. The number of hydrogen-bond acceptors (Lipinski definition) is 4. The third-order valence-corrected chi connectivity index (χ3v) is 4.53. The van der Waals surface area contributed by atoms with Gasteiger partial charge in [0.2, 0.25) is 0 Å². The van der Waals surface area contributed by atoms with Gasteiger partial charge in [0.05, 0.1) is 0 Å². The second-order valence-electron chi connectivity index (χ2n) is 5.87. The van der Waals surface area contributed by atoms with Crippen molar-refractivity contribution < 1.29 is 0 Å². The van der Waals surface area contributed by atoms with Gasteiger partial charge in [0.25, 0.3) is 0 Å². The molecule has 0 saturated carbocycles. The number of pyridine rings is 1. The molecule has 1 aromatic heterocycles. The lowest BCUT2D eigenvalue weighted by Gasteiger charge is -2.48. The number of piperazine rings is 1. The summed E-state index contributed by atoms with van der Waals surface area (Å²) in [5, 5.41) is 0. The predicted molar refractivity (Wildman–Crippen MR) is 78.1 cm³/mol. The van der Waals surface area contributed by atoms with Gasteiger partial charge in [-0.2, -0.15) is 0 Å². The molecule has 0 spiro atoms. The maximum absolute atomic E-state index is 5.73. The summed E-state index contributed by atoms with van der Waals surface area (Å²) in [5.74, 6) is 1.10. The van der Waals surface area contributed by atoms with Crippen LogP contribution in [0, 0.1) is 0 Å². The Hall–Kier alpha value is -1.13. The van der Waals surface area contributed by atoms with E-state index in [0.29, 0.717) is 18.6 Å². The Balaban J connectivity index is 1.79. The van der Waals surface area contributed by atoms with Gasteiger partial charge in [0.15, 0.2) is 0 Å². The largest absolute Gasteiger partial charge is 0.351 e. The highest BCUT2D eigenvalue weighted by Gasteiger charge is 2.33. The fourth-order valence-corrected chi connectivity index (χ4v) is 3.42. The van der Waals surface area contributed by atoms with E-state index in [4.69, 9.17) is 5.73 Å². The first-order chi connectivity index (χ1) is 9.28. The third-order valence-electron chi connectivity index (χ3n) is 4.53. The molecule has 1 aromatic rings. The van der Waals surface area contributed by atoms with Gasteiger partial charge in [-0.05, 0) is 44.0 Å². The molecule has 19 heavy (non-hydrogen) atoms. The van der Waals surface area contributed by atoms with Crippen LogP contribution in [0.4, 0.5) is 5.82 Å². The third kappa shape index (κ3) is 2.60. The van der Waals surface area contributed by atoms with Crippen LogP contribution in [0.1, 0.15) is 31.7 Å². The Bertz CT molecular complexity index is 434. The number of piperidine rings is 1. The van der Waals surface area contributed by atoms with E-state index >= 15 is 0 Å². The van der Waals surface area contributed by atoms with Crippen LogP contribution in [-0.2, 0) is 6.54 Å². The van der Waals surface area contributed by atoms with Crippen LogP contribution in [0.15, 0.2) is 18.3 Å². The van der Waals surface area contributed by atoms with E-state index in [1.165, 1.54) is 37.9 Å². The zero-order chi connectivity index (χ0) is 13.2. The molecule has 0 radical (unpaired) electrons. The highest BCUT2D eigenvalue weighted by molar-refractivity contribution is 5.43. The molecule has 2 unspecified atom stereocenters. The number of nitrogens with zero attached hydrogens (tertiary/aromatic N) is 3. The van der Waals surface area contributed by atoms with Gasteiger partial charge in [0.1, 0.15) is 5.82 Å². The molecular formula is C15H24N4. The molecule has 2 aliphatic heterocycles. The van der Waals surface area contributed by atoms with Crippen molar-refractivity contribution in [2.45, 2.75) is 44.8 Å². The molecule has 2 N–H and O–H groups in total. The molecule has 2 aliphatic rings. The molecule has 3 rings (SSSR count). The van der Waals surface area contributed by atoms with Crippen LogP contribution >= 0.6 is 0 Å². The lowest BCUT2D eigenvalue weighted by atomic mass is 9.97. The molecule has 2 fully saturated rings. The van der Waals surface area contributed by atoms with Crippen molar-refractivity contribution in [2.24, 2.45) is 5.73 Å². The summed E-state index contributed by atoms with van der Waals surface area (Å²) < 4.78 is 0. The summed E-state index contributed by atoms with van der Waals surface area (Å²) >= 11 is 0. The average molecular weight is 260 g/mol. The van der Waals surface area contributed by atoms with Crippen molar-refractivity contribution in [2.75, 3.05) is 24.5 Å². The molecular weight excluding hydrogens is 236 g/mol. The SMILES string of the molecule is CC1CN2CCCCC2CN1c1cc(CN)ccn1. The lowest BCUT2D eigenvalue weighted by molar-refractivity contribution is 0.115. The number of aromatic nitrogens is 1. The smallest absolute Gasteiger partial charge is 0.129 e. The molecule has 0 amide bonds. The van der Waals surface area contributed by atoms with Gasteiger partial charge in [-0.15, -0.1) is 0 Å². The van der Waals surface area contributed by atoms with Crippen LogP contribution < -0.4 is 10.6 Å². The zero-order valence-electron chi connectivity index (χ0n) is 11.8. The Kier molecular flexibility index (Phi) is 3.71. The van der Waals surface area contributed by atoms with Crippen LogP contribution in [-0.4, -0.2) is 41.6 Å². The van der Waals surface area contributed by atoms with Gasteiger partial charge in [0, 0.05) is 37.9 Å². The maximum atomic E-state index is 5.73. The molecule has 0 aromatic carbocycles. The second-order valence-corrected chi connectivity index (χ2v) is 5.87. The Morgan fingerprint density at radius 2 is 2.26 bits per heavy atom. The molecule has 2 saturated heterocycles. The summed E-state index contributed by atoms with van der Waals surface area (Å²) in [4.78, 5) is 9.68. The Morgan fingerprint density at radius 1 is 1.37 bits per heavy atom. The number of fused-ring (bicyclic) bond motifs is 1. The van der Waals surface area contributed by atoms with Crippen LogP contribution in [0.25, 0.3) is 0 Å². The molecule has 2 atom stereocenters. The van der Waals surface area contributed by atoms with Gasteiger partial charge in [-0.1, -0.05) is 6.42 Å². The minimum atomic E-state index is 0.537. The second kappa shape index (κ2) is 5.47. The predicted octanol–water partition coefficient (Wildman–Crippen LogP) is 1.60. The van der Waals surface area contributed by atoms with Gasteiger partial charge in [-0.25, -0.2) is 4.98 Å². The van der Waals surface area contributed by atoms with Crippen molar-refractivity contribution in [3.63, 3.8) is 0 Å². The van der Waals surface area contributed by atoms with Crippen LogP contribution in [0.5, 0.6) is 0 Å². The molecule has 4 heteroatoms. The van der Waals surface area contributed by atoms with Gasteiger partial charge < -0.3 is 10.6 Å². The summed E-state index contributed by atoms with van der Waals surface area (Å²) in [6.07, 6.45) is 5.96. The molecule has 4 nitrogen and oxygen atoms in total. The quantitative estimate of drug-likeness (QED) is 0.877. The standard InChI is InChI=1S/C15H24N4/c1-12-10-18-7-3-2-4-14(18)11-19(12)15-8-13(9-16)5-6-17-15/h5-6,8,12,14H,2-4,7,9-11,16H2,1H3. The fraction of sp³-hybridized carbons (Fsp3) is 0.667. The number of nitrogens with two attached hydrogens (primary N) is 1. The topological polar surface area (TPSA) is 45.4 Å². The van der Waals surface area contributed by atoms with E-state index in [1.807, 2.05) is 12.3 Å². The van der Waals surface area contributed by atoms with Crippen molar-refractivity contribution in [3.8, 4) is 0 Å². The first-order valence-corrected chi connectivity index (χ1v) is 7.43. The van der Waals surface area contributed by atoms with Crippen molar-refractivity contribution in [1.29, 1.82) is 0 Å². The molecule has 3 heterocycles. The van der Waals surface area contributed by atoms with E-state index in [9.17, 15) is 0 Å². The maximum Gasteiger partial charge on any atom is 0.129 e. The van der Waals surface area contributed by atoms with E-state index < -0.39 is 0 Å². The van der Waals surface area contributed by atoms with Gasteiger partial charge >= 0.3 is 0 Å². The molecule has 0 aliphatic carbocycles.